The van der Waals surface area contributed by atoms with Gasteiger partial charge in [0.05, 0.1) is 79.8 Å². The van der Waals surface area contributed by atoms with Crippen LogP contribution in [0.15, 0.2) is 48.5 Å². The third-order valence-corrected chi connectivity index (χ3v) is 17.3. The summed E-state index contributed by atoms with van der Waals surface area (Å²) in [4.78, 5) is 141. The molecular weight excluding hydrogens is 1180 g/mol. The summed E-state index contributed by atoms with van der Waals surface area (Å²) in [6.07, 6.45) is -7.70. The van der Waals surface area contributed by atoms with E-state index in [-0.39, 0.29) is 79.3 Å². The quantitative estimate of drug-likeness (QED) is 0.0231. The summed E-state index contributed by atoms with van der Waals surface area (Å²) < 4.78 is 23.1. The molecular formula is C65H86N6O20. The molecule has 0 aromatic heterocycles. The number of fused-ring (bicyclic) bond motifs is 3. The van der Waals surface area contributed by atoms with Crippen LogP contribution >= 0.6 is 0 Å². The van der Waals surface area contributed by atoms with Gasteiger partial charge >= 0.3 is 5.97 Å². The van der Waals surface area contributed by atoms with Gasteiger partial charge in [-0.1, -0.05) is 84.0 Å². The van der Waals surface area contributed by atoms with Gasteiger partial charge in [0, 0.05) is 53.3 Å². The zero-order valence-electron chi connectivity index (χ0n) is 53.3. The van der Waals surface area contributed by atoms with Crippen LogP contribution in [0.2, 0.25) is 0 Å². The van der Waals surface area contributed by atoms with Gasteiger partial charge in [0.15, 0.2) is 23.4 Å². The predicted molar refractivity (Wildman–Crippen MR) is 324 cm³/mol. The number of carbonyl (C=O) groups excluding carboxylic acids is 10. The Balaban J connectivity index is 1.04. The number of esters is 1. The third-order valence-electron chi connectivity index (χ3n) is 17.3. The molecule has 0 bridgehead atoms. The van der Waals surface area contributed by atoms with E-state index in [9.17, 15) is 78.6 Å². The average Bonchev–Trinajstić information content (AvgIpc) is 1.71. The van der Waals surface area contributed by atoms with Crippen molar-refractivity contribution in [2.24, 2.45) is 22.2 Å². The lowest BCUT2D eigenvalue weighted by atomic mass is 9.65. The molecule has 26 heteroatoms. The van der Waals surface area contributed by atoms with Gasteiger partial charge in [-0.3, -0.25) is 47.9 Å². The first-order chi connectivity index (χ1) is 42.6. The zero-order chi connectivity index (χ0) is 67.5. The lowest BCUT2D eigenvalue weighted by Gasteiger charge is -2.43. The fourth-order valence-corrected chi connectivity index (χ4v) is 12.8. The van der Waals surface area contributed by atoms with Crippen LogP contribution in [0.4, 0.5) is 0 Å². The summed E-state index contributed by atoms with van der Waals surface area (Å²) in [5.74, 6) is -9.41. The largest absolute Gasteiger partial charge is 0.507 e. The Bertz CT molecular complexity index is 3330. The molecule has 2 saturated heterocycles. The van der Waals surface area contributed by atoms with Crippen LogP contribution in [0.1, 0.15) is 162 Å². The number of carbonyl (C=O) groups is 10. The van der Waals surface area contributed by atoms with E-state index >= 15 is 0 Å². The second-order valence-corrected chi connectivity index (χ2v) is 26.3. The number of ether oxygens (including phenoxy) is 4. The Morgan fingerprint density at radius 3 is 2.12 bits per heavy atom. The monoisotopic (exact) mass is 1270 g/mol. The number of hydrogen-bond acceptors (Lipinski definition) is 20. The highest BCUT2D eigenvalue weighted by atomic mass is 16.7. The predicted octanol–water partition coefficient (Wildman–Crippen LogP) is 1.95. The van der Waals surface area contributed by atoms with E-state index in [1.54, 1.807) is 78.8 Å². The number of phenols is 2. The maximum Gasteiger partial charge on any atom is 0.311 e. The molecule has 4 aliphatic rings. The Labute approximate surface area is 527 Å². The van der Waals surface area contributed by atoms with Crippen molar-refractivity contribution >= 4 is 58.8 Å². The van der Waals surface area contributed by atoms with Crippen LogP contribution in [0.3, 0.4) is 0 Å². The van der Waals surface area contributed by atoms with E-state index in [2.05, 4.69) is 26.6 Å². The lowest BCUT2D eigenvalue weighted by Crippen LogP contribution is -2.57. The molecule has 2 fully saturated rings. The van der Waals surface area contributed by atoms with E-state index in [0.717, 1.165) is 0 Å². The van der Waals surface area contributed by atoms with Crippen molar-refractivity contribution in [3.05, 3.63) is 87.5 Å². The summed E-state index contributed by atoms with van der Waals surface area (Å²) in [5, 5.41) is 80.0. The minimum absolute atomic E-state index is 0.00490. The van der Waals surface area contributed by atoms with E-state index in [4.69, 9.17) is 18.9 Å². The van der Waals surface area contributed by atoms with Gasteiger partial charge < -0.3 is 81.1 Å². The van der Waals surface area contributed by atoms with Crippen molar-refractivity contribution in [3.8, 4) is 17.2 Å². The highest BCUT2D eigenvalue weighted by Crippen LogP contribution is 2.53. The molecule has 26 nitrogen and oxygen atoms in total. The Morgan fingerprint density at radius 1 is 0.835 bits per heavy atom. The smallest absolute Gasteiger partial charge is 0.311 e. The second kappa shape index (κ2) is 27.9. The van der Waals surface area contributed by atoms with Crippen LogP contribution in [0.25, 0.3) is 0 Å². The number of aliphatic hydroxyl groups is 4. The van der Waals surface area contributed by atoms with Crippen LogP contribution < -0.4 is 31.3 Å². The first-order valence-corrected chi connectivity index (χ1v) is 30.5. The second-order valence-electron chi connectivity index (χ2n) is 26.3. The standard InChI is InChI=1S/C65H86N6O20/c1-12-21-89-60(86)62(8,9)31-63(10,30-61(6,7)57(83)67-26-34(4)73)58(84)68-28-45(76)71-32-65(71,36-17-14-13-15-18-36)59(85)70-40(22-33(2)3)56(82)66-27-44(75)69-39-23-46(90-35(5)51(39)77)91-42-25-64(87,43(74)29-72)24-38-48(42)55(81)50-49(53(38)79)52(78)37-19-16-20-41(88-11)47(37)54(50)80/h13-20,33-35,39-40,42,46,51,72-73,77,79,81,87H,12,21-32H2,1-11H3,(H,66,82)(H,67,83)(H,68,84)(H,69,75)(H,70,85)/t34?,35?,39?,40?,42-,46?,51?,63?,64-,65?,71?/m0/s1. The lowest BCUT2D eigenvalue weighted by molar-refractivity contribution is -0.249. The maximum atomic E-state index is 14.7. The Morgan fingerprint density at radius 2 is 1.49 bits per heavy atom. The number of nitrogens with one attached hydrogen (secondary N) is 5. The van der Waals surface area contributed by atoms with E-state index in [1.165, 1.54) is 44.1 Å². The molecule has 2 aliphatic carbocycles. The fraction of sp³-hybridized carbons (Fsp3) is 0.569. The van der Waals surface area contributed by atoms with Gasteiger partial charge in [-0.25, -0.2) is 0 Å². The van der Waals surface area contributed by atoms with Crippen molar-refractivity contribution in [2.75, 3.05) is 46.5 Å². The van der Waals surface area contributed by atoms with E-state index in [0.29, 0.717) is 12.0 Å². The third kappa shape index (κ3) is 14.9. The molecule has 496 valence electrons. The van der Waals surface area contributed by atoms with Crippen LogP contribution in [-0.4, -0.2) is 183 Å². The molecule has 2 heterocycles. The summed E-state index contributed by atoms with van der Waals surface area (Å²) in [5.41, 5.74) is -9.79. The van der Waals surface area contributed by atoms with Gasteiger partial charge in [-0.2, -0.15) is 0 Å². The first kappa shape index (κ1) is 70.6. The SMILES string of the molecule is CCCOC(=O)C(C)(C)CC(C)(CC(C)(C)C(=O)NCC(C)O)C(=O)NCC(=O)N1CC1(C(=O)NC(CC(C)C)C(=O)NCC(=O)NC1CC(O[C@H]2C[C@](O)(C(=O)CO)Cc3c(O)c4c(c(O)c32)C(=O)c2c(OC)cccc2C4=O)OC(C)C1O)c1ccccc1. The van der Waals surface area contributed by atoms with Crippen LogP contribution in [0, 0.1) is 22.2 Å². The molecule has 91 heavy (non-hydrogen) atoms. The molecule has 3 aromatic carbocycles. The Hall–Kier alpha value is -7.88. The number of amides is 6. The highest BCUT2D eigenvalue weighted by Gasteiger charge is 2.62. The summed E-state index contributed by atoms with van der Waals surface area (Å²) in [6, 6.07) is 10.0. The van der Waals surface area contributed by atoms with Crippen LogP contribution in [-0.2, 0) is 64.5 Å². The molecule has 11 N–H and O–H groups in total. The van der Waals surface area contributed by atoms with E-state index < -0.39 is 184 Å². The summed E-state index contributed by atoms with van der Waals surface area (Å²) in [7, 11) is 1.27. The van der Waals surface area contributed by atoms with Crippen molar-refractivity contribution in [2.45, 2.75) is 168 Å². The molecule has 6 amide bonds. The van der Waals surface area contributed by atoms with Crippen molar-refractivity contribution < 1.29 is 97.5 Å². The number of phenolic OH excluding ortho intramolecular Hbond substituents is 2. The zero-order valence-corrected chi connectivity index (χ0v) is 53.3. The number of aromatic hydroxyl groups is 2. The van der Waals surface area contributed by atoms with Crippen molar-refractivity contribution in [1.29, 1.82) is 0 Å². The maximum absolute atomic E-state index is 14.7. The minimum atomic E-state index is -2.46. The van der Waals surface area contributed by atoms with Crippen LogP contribution in [0.5, 0.6) is 17.2 Å². The van der Waals surface area contributed by atoms with Gasteiger partial charge in [-0.05, 0) is 70.9 Å². The molecule has 0 radical (unpaired) electrons. The van der Waals surface area contributed by atoms with Gasteiger partial charge in [0.2, 0.25) is 35.3 Å². The summed E-state index contributed by atoms with van der Waals surface area (Å²) >= 11 is 0. The molecule has 3 aromatic rings. The number of methoxy groups -OCH3 is 1. The molecule has 2 aliphatic heterocycles. The fourth-order valence-electron chi connectivity index (χ4n) is 12.8. The highest BCUT2D eigenvalue weighted by molar-refractivity contribution is 6.31. The van der Waals surface area contributed by atoms with E-state index in [1.807, 2.05) is 6.92 Å². The number of nitrogens with zero attached hydrogens (tertiary/aromatic N) is 1. The van der Waals surface area contributed by atoms with Gasteiger partial charge in [-0.15, -0.1) is 0 Å². The van der Waals surface area contributed by atoms with Crippen molar-refractivity contribution in [1.82, 2.24) is 31.5 Å². The Kier molecular flexibility index (Phi) is 21.7. The number of benzene rings is 3. The topological polar surface area (TPSA) is 392 Å². The molecule has 8 unspecified atom stereocenters. The van der Waals surface area contributed by atoms with Gasteiger partial charge in [0.25, 0.3) is 5.91 Å². The average molecular weight is 1270 g/mol. The normalized spacial score (nSPS) is 23.2. The first-order valence-electron chi connectivity index (χ1n) is 30.5. The molecule has 0 saturated carbocycles. The van der Waals surface area contributed by atoms with Gasteiger partial charge in [0.1, 0.15) is 41.6 Å². The number of aliphatic hydroxyl groups excluding tert-OH is 3. The number of hydrogen-bond donors (Lipinski definition) is 11. The summed E-state index contributed by atoms with van der Waals surface area (Å²) in [6.45, 7) is 13.9. The van der Waals surface area contributed by atoms with Crippen molar-refractivity contribution in [3.63, 3.8) is 0 Å². The molecule has 7 rings (SSSR count). The molecule has 10 atom stereocenters. The molecule has 0 spiro atoms. The number of Topliss-reactive ketones (excluding diaryl/α,β-unsaturated/α-hetero) is 1. The number of ketones is 3. The number of rotatable bonds is 27. The minimum Gasteiger partial charge on any atom is -0.507 e.